The normalized spacial score (nSPS) is 28.6. The number of halogens is 3. The third kappa shape index (κ3) is 5.19. The van der Waals surface area contributed by atoms with Gasteiger partial charge in [0.2, 0.25) is 0 Å². The lowest BCUT2D eigenvalue weighted by molar-refractivity contribution is -0.180. The minimum atomic E-state index is -4.99. The Bertz CT molecular complexity index is 465. The molecule has 0 bridgehead atoms. The highest BCUT2D eigenvalue weighted by Crippen LogP contribution is 2.33. The summed E-state index contributed by atoms with van der Waals surface area (Å²) in [5, 5.41) is 1.92. The number of carbonyl (C=O) groups excluding carboxylic acids is 3. The Morgan fingerprint density at radius 2 is 1.59 bits per heavy atom. The van der Waals surface area contributed by atoms with Gasteiger partial charge in [-0.2, -0.15) is 13.2 Å². The van der Waals surface area contributed by atoms with Gasteiger partial charge in [0, 0.05) is 25.8 Å². The first-order valence-corrected chi connectivity index (χ1v) is 6.67. The molecule has 1 rings (SSSR count). The number of nitrogens with one attached hydrogen (secondary N) is 1. The fourth-order valence-corrected chi connectivity index (χ4v) is 2.46. The van der Waals surface area contributed by atoms with Crippen LogP contribution in [0.15, 0.2) is 0 Å². The number of esters is 2. The van der Waals surface area contributed by atoms with E-state index in [9.17, 15) is 27.6 Å². The van der Waals surface area contributed by atoms with Crippen LogP contribution < -0.4 is 5.32 Å². The van der Waals surface area contributed by atoms with Gasteiger partial charge in [-0.1, -0.05) is 0 Å². The number of carbonyl (C=O) groups is 3. The largest absolute Gasteiger partial charge is 0.471 e. The van der Waals surface area contributed by atoms with Gasteiger partial charge in [0.05, 0.1) is 0 Å². The average Bonchev–Trinajstić information content (AvgIpc) is 2.30. The first kappa shape index (κ1) is 18.2. The predicted octanol–water partition coefficient (Wildman–Crippen LogP) is 1.47. The summed E-state index contributed by atoms with van der Waals surface area (Å²) in [5.41, 5.74) is -1.20. The minimum Gasteiger partial charge on any atom is -0.459 e. The van der Waals surface area contributed by atoms with Crippen molar-refractivity contribution in [3.8, 4) is 0 Å². The van der Waals surface area contributed by atoms with Crippen molar-refractivity contribution in [2.45, 2.75) is 64.0 Å². The molecule has 9 heteroatoms. The zero-order chi connectivity index (χ0) is 17.1. The molecule has 1 amide bonds. The summed E-state index contributed by atoms with van der Waals surface area (Å²) in [7, 11) is 0. The second kappa shape index (κ2) is 6.53. The Labute approximate surface area is 125 Å². The molecule has 1 aliphatic carbocycles. The monoisotopic (exact) mass is 325 g/mol. The van der Waals surface area contributed by atoms with E-state index in [0.29, 0.717) is 0 Å². The maximum atomic E-state index is 12.4. The van der Waals surface area contributed by atoms with Gasteiger partial charge in [0.1, 0.15) is 12.2 Å². The lowest BCUT2D eigenvalue weighted by atomic mass is 9.79. The standard InChI is InChI=1S/C13H18F3NO5/c1-7(18)21-9-4-5-12(3,6-10(9)22-8(2)19)17-11(20)13(14,15)16/h9-10H,4-6H2,1-3H3,(H,17,20)/t9-,10+,12-/m1/s1. The van der Waals surface area contributed by atoms with Crippen LogP contribution in [0.5, 0.6) is 0 Å². The molecule has 126 valence electrons. The van der Waals surface area contributed by atoms with Gasteiger partial charge in [-0.25, -0.2) is 0 Å². The van der Waals surface area contributed by atoms with Gasteiger partial charge in [-0.3, -0.25) is 14.4 Å². The Morgan fingerprint density at radius 1 is 1.09 bits per heavy atom. The van der Waals surface area contributed by atoms with Gasteiger partial charge in [-0.05, 0) is 19.8 Å². The minimum absolute atomic E-state index is 0.0770. The topological polar surface area (TPSA) is 81.7 Å². The summed E-state index contributed by atoms with van der Waals surface area (Å²) in [6, 6.07) is 0. The van der Waals surface area contributed by atoms with E-state index in [1.54, 1.807) is 0 Å². The fraction of sp³-hybridized carbons (Fsp3) is 0.769. The molecule has 0 saturated heterocycles. The summed E-state index contributed by atoms with van der Waals surface area (Å²) < 4.78 is 47.1. The SMILES string of the molecule is CC(=O)O[C@H]1C[C@](C)(NC(=O)C(F)(F)F)CC[C@H]1OC(C)=O. The molecular formula is C13H18F3NO5. The van der Waals surface area contributed by atoms with E-state index in [2.05, 4.69) is 0 Å². The van der Waals surface area contributed by atoms with E-state index in [0.717, 1.165) is 6.92 Å². The summed E-state index contributed by atoms with van der Waals surface area (Å²) in [6.07, 6.45) is -6.39. The molecule has 1 N–H and O–H groups in total. The highest BCUT2D eigenvalue weighted by atomic mass is 19.4. The van der Waals surface area contributed by atoms with Crippen LogP contribution in [0.1, 0.15) is 40.0 Å². The van der Waals surface area contributed by atoms with E-state index in [4.69, 9.17) is 9.47 Å². The first-order valence-electron chi connectivity index (χ1n) is 6.67. The summed E-state index contributed by atoms with van der Waals surface area (Å²) >= 11 is 0. The molecular weight excluding hydrogens is 307 g/mol. The first-order chi connectivity index (χ1) is 9.93. The van der Waals surface area contributed by atoms with Crippen LogP contribution in [-0.4, -0.2) is 41.8 Å². The van der Waals surface area contributed by atoms with Crippen molar-refractivity contribution in [3.63, 3.8) is 0 Å². The molecule has 0 aromatic heterocycles. The smallest absolute Gasteiger partial charge is 0.459 e. The molecule has 0 unspecified atom stereocenters. The summed E-state index contributed by atoms with van der Waals surface area (Å²) in [5.74, 6) is -3.28. The van der Waals surface area contributed by atoms with Crippen LogP contribution in [0.4, 0.5) is 13.2 Å². The van der Waals surface area contributed by atoms with E-state index in [1.807, 2.05) is 5.32 Å². The molecule has 0 aromatic carbocycles. The maximum Gasteiger partial charge on any atom is 0.471 e. The predicted molar refractivity (Wildman–Crippen MR) is 67.6 cm³/mol. The lowest BCUT2D eigenvalue weighted by Crippen LogP contribution is -2.57. The highest BCUT2D eigenvalue weighted by Gasteiger charge is 2.47. The third-order valence-electron chi connectivity index (χ3n) is 3.35. The quantitative estimate of drug-likeness (QED) is 0.795. The number of amides is 1. The zero-order valence-electron chi connectivity index (χ0n) is 12.5. The van der Waals surface area contributed by atoms with Crippen molar-refractivity contribution < 1.29 is 37.0 Å². The van der Waals surface area contributed by atoms with E-state index in [1.165, 1.54) is 13.8 Å². The van der Waals surface area contributed by atoms with Crippen LogP contribution >= 0.6 is 0 Å². The molecule has 1 saturated carbocycles. The second-order valence-electron chi connectivity index (χ2n) is 5.55. The molecule has 0 heterocycles. The molecule has 6 nitrogen and oxygen atoms in total. The molecule has 3 atom stereocenters. The van der Waals surface area contributed by atoms with Crippen LogP contribution in [0.2, 0.25) is 0 Å². The van der Waals surface area contributed by atoms with Gasteiger partial charge < -0.3 is 14.8 Å². The van der Waals surface area contributed by atoms with Gasteiger partial charge in [0.25, 0.3) is 0 Å². The molecule has 0 aliphatic heterocycles. The van der Waals surface area contributed by atoms with Crippen LogP contribution in [0.25, 0.3) is 0 Å². The van der Waals surface area contributed by atoms with Crippen molar-refractivity contribution in [2.24, 2.45) is 0 Å². The Morgan fingerprint density at radius 3 is 2.05 bits per heavy atom. The molecule has 0 radical (unpaired) electrons. The zero-order valence-corrected chi connectivity index (χ0v) is 12.5. The maximum absolute atomic E-state index is 12.4. The van der Waals surface area contributed by atoms with Crippen LogP contribution in [-0.2, 0) is 23.9 Å². The lowest BCUT2D eigenvalue weighted by Gasteiger charge is -2.41. The van der Waals surface area contributed by atoms with Gasteiger partial charge in [0.15, 0.2) is 0 Å². The third-order valence-corrected chi connectivity index (χ3v) is 3.35. The molecule has 0 spiro atoms. The molecule has 1 aliphatic rings. The Hall–Kier alpha value is -1.80. The Kier molecular flexibility index (Phi) is 5.42. The van der Waals surface area contributed by atoms with E-state index < -0.39 is 41.8 Å². The summed E-state index contributed by atoms with van der Waals surface area (Å²) in [6.45, 7) is 3.76. The molecule has 1 fully saturated rings. The van der Waals surface area contributed by atoms with Crippen molar-refractivity contribution in [3.05, 3.63) is 0 Å². The number of rotatable bonds is 3. The highest BCUT2D eigenvalue weighted by molar-refractivity contribution is 5.82. The molecule has 0 aromatic rings. The average molecular weight is 325 g/mol. The van der Waals surface area contributed by atoms with E-state index in [-0.39, 0.29) is 19.3 Å². The number of hydrogen-bond donors (Lipinski definition) is 1. The Balaban J connectivity index is 2.83. The number of hydrogen-bond acceptors (Lipinski definition) is 5. The van der Waals surface area contributed by atoms with E-state index >= 15 is 0 Å². The van der Waals surface area contributed by atoms with Crippen molar-refractivity contribution >= 4 is 17.8 Å². The van der Waals surface area contributed by atoms with Gasteiger partial charge in [-0.15, -0.1) is 0 Å². The summed E-state index contributed by atoms with van der Waals surface area (Å²) in [4.78, 5) is 33.2. The van der Waals surface area contributed by atoms with Crippen molar-refractivity contribution in [2.75, 3.05) is 0 Å². The van der Waals surface area contributed by atoms with Crippen LogP contribution in [0.3, 0.4) is 0 Å². The van der Waals surface area contributed by atoms with Crippen molar-refractivity contribution in [1.29, 1.82) is 0 Å². The number of alkyl halides is 3. The van der Waals surface area contributed by atoms with Crippen LogP contribution in [0, 0.1) is 0 Å². The van der Waals surface area contributed by atoms with Gasteiger partial charge >= 0.3 is 24.0 Å². The second-order valence-corrected chi connectivity index (χ2v) is 5.55. The fourth-order valence-electron chi connectivity index (χ4n) is 2.46. The molecule has 22 heavy (non-hydrogen) atoms. The van der Waals surface area contributed by atoms with Crippen molar-refractivity contribution in [1.82, 2.24) is 5.32 Å². The number of ether oxygens (including phenoxy) is 2.